The third-order valence-electron chi connectivity index (χ3n) is 5.25. The molecule has 6 nitrogen and oxygen atoms in total. The fourth-order valence-corrected chi connectivity index (χ4v) is 4.05. The number of rotatable bonds is 0. The largest absolute Gasteiger partial charge is 0.430 e. The zero-order chi connectivity index (χ0) is 18.3. The minimum atomic E-state index is -0.522. The normalized spacial score (nSPS) is 13.7. The first kappa shape index (κ1) is 14.4. The minimum absolute atomic E-state index is 0.0101. The van der Waals surface area contributed by atoms with Gasteiger partial charge in [0, 0.05) is 35.0 Å². The van der Waals surface area contributed by atoms with E-state index in [1.54, 1.807) is 12.3 Å². The van der Waals surface area contributed by atoms with Crippen LogP contribution in [0.3, 0.4) is 0 Å². The molecule has 4 heterocycles. The molecule has 0 radical (unpaired) electrons. The van der Waals surface area contributed by atoms with Crippen molar-refractivity contribution in [3.05, 3.63) is 74.3 Å². The van der Waals surface area contributed by atoms with Gasteiger partial charge in [0.2, 0.25) is 0 Å². The number of pyridine rings is 2. The number of Topliss-reactive ketones (excluding diaryl/α,β-unsaturated/α-hetero) is 1. The molecule has 0 atom stereocenters. The third-order valence-corrected chi connectivity index (χ3v) is 5.25. The van der Waals surface area contributed by atoms with Gasteiger partial charge in [-0.3, -0.25) is 14.0 Å². The predicted octanol–water partition coefficient (Wildman–Crippen LogP) is 2.19. The van der Waals surface area contributed by atoms with E-state index in [1.165, 1.54) is 16.7 Å². The SMILES string of the molecule is O=C1CC=c2cccc3nc4c(cn5c(=O)c6coc(=O)cc6cc45)c1c23. The van der Waals surface area contributed by atoms with E-state index in [2.05, 4.69) is 0 Å². The number of fused-ring (bicyclic) bond motifs is 5. The number of hydrogen-bond acceptors (Lipinski definition) is 5. The first-order valence-electron chi connectivity index (χ1n) is 8.48. The van der Waals surface area contributed by atoms with Crippen molar-refractivity contribution >= 4 is 50.0 Å². The Labute approximate surface area is 150 Å². The average Bonchev–Trinajstić information content (AvgIpc) is 3.02. The van der Waals surface area contributed by atoms with Crippen molar-refractivity contribution < 1.29 is 9.21 Å². The van der Waals surface area contributed by atoms with Crippen LogP contribution in [-0.4, -0.2) is 15.2 Å². The summed E-state index contributed by atoms with van der Waals surface area (Å²) >= 11 is 0. The molecule has 0 unspecified atom stereocenters. The molecular weight excluding hydrogens is 344 g/mol. The quantitative estimate of drug-likeness (QED) is 0.426. The van der Waals surface area contributed by atoms with Crippen molar-refractivity contribution in [1.29, 1.82) is 0 Å². The average molecular weight is 354 g/mol. The maximum absolute atomic E-state index is 12.9. The Morgan fingerprint density at radius 1 is 1.07 bits per heavy atom. The number of ketones is 1. The zero-order valence-electron chi connectivity index (χ0n) is 13.9. The van der Waals surface area contributed by atoms with Gasteiger partial charge in [-0.25, -0.2) is 9.78 Å². The predicted molar refractivity (Wildman–Crippen MR) is 101 cm³/mol. The molecule has 0 N–H and O–H groups in total. The summed E-state index contributed by atoms with van der Waals surface area (Å²) in [4.78, 5) is 41.9. The Kier molecular flexibility index (Phi) is 2.49. The Bertz CT molecular complexity index is 1660. The second-order valence-corrected chi connectivity index (χ2v) is 6.72. The molecule has 5 aromatic rings. The van der Waals surface area contributed by atoms with Crippen LogP contribution in [0.5, 0.6) is 0 Å². The molecule has 1 aliphatic rings. The van der Waals surface area contributed by atoms with Crippen LogP contribution < -0.4 is 16.4 Å². The highest BCUT2D eigenvalue weighted by Gasteiger charge is 2.22. The molecule has 4 aromatic heterocycles. The number of nitrogens with zero attached hydrogens (tertiary/aromatic N) is 2. The van der Waals surface area contributed by atoms with Crippen molar-refractivity contribution in [3.63, 3.8) is 0 Å². The molecule has 1 aromatic carbocycles. The molecule has 0 saturated heterocycles. The molecular formula is C21H10N2O4. The van der Waals surface area contributed by atoms with E-state index >= 15 is 0 Å². The van der Waals surface area contributed by atoms with E-state index in [1.807, 2.05) is 24.3 Å². The van der Waals surface area contributed by atoms with Crippen molar-refractivity contribution in [1.82, 2.24) is 9.38 Å². The Morgan fingerprint density at radius 2 is 1.96 bits per heavy atom. The standard InChI is InChI=1S/C21H10N2O4/c24-16-5-4-10-2-1-3-14-18(10)19(16)12-8-23-15(20(12)22-14)6-11-7-17(25)27-9-13(11)21(23)26/h1-4,6-9H,5H2. The number of carbonyl (C=O) groups is 1. The lowest BCUT2D eigenvalue weighted by Crippen LogP contribution is -2.15. The van der Waals surface area contributed by atoms with Gasteiger partial charge in [-0.15, -0.1) is 0 Å². The summed E-state index contributed by atoms with van der Waals surface area (Å²) in [5.41, 5.74) is 1.64. The molecule has 6 heteroatoms. The highest BCUT2D eigenvalue weighted by molar-refractivity contribution is 6.22. The summed E-state index contributed by atoms with van der Waals surface area (Å²) in [6, 6.07) is 8.77. The molecule has 27 heavy (non-hydrogen) atoms. The van der Waals surface area contributed by atoms with Gasteiger partial charge in [0.1, 0.15) is 6.26 Å². The van der Waals surface area contributed by atoms with Crippen molar-refractivity contribution in [2.45, 2.75) is 6.42 Å². The van der Waals surface area contributed by atoms with Crippen LogP contribution in [0, 0.1) is 0 Å². The maximum Gasteiger partial charge on any atom is 0.336 e. The second-order valence-electron chi connectivity index (χ2n) is 6.72. The van der Waals surface area contributed by atoms with Crippen LogP contribution in [0.1, 0.15) is 16.8 Å². The van der Waals surface area contributed by atoms with E-state index < -0.39 is 5.63 Å². The lowest BCUT2D eigenvalue weighted by Gasteiger charge is -2.11. The van der Waals surface area contributed by atoms with Crippen LogP contribution >= 0.6 is 0 Å². The Morgan fingerprint density at radius 3 is 2.85 bits per heavy atom. The second kappa shape index (κ2) is 4.67. The van der Waals surface area contributed by atoms with Gasteiger partial charge in [0.25, 0.3) is 5.56 Å². The van der Waals surface area contributed by atoms with E-state index in [4.69, 9.17) is 9.40 Å². The smallest absolute Gasteiger partial charge is 0.336 e. The molecule has 6 rings (SSSR count). The van der Waals surface area contributed by atoms with Gasteiger partial charge in [-0.05, 0) is 22.7 Å². The van der Waals surface area contributed by atoms with Crippen LogP contribution in [0.25, 0.3) is 44.2 Å². The molecule has 0 saturated carbocycles. The van der Waals surface area contributed by atoms with E-state index in [9.17, 15) is 14.4 Å². The van der Waals surface area contributed by atoms with Gasteiger partial charge < -0.3 is 4.42 Å². The number of aromatic nitrogens is 2. The molecule has 0 spiro atoms. The highest BCUT2D eigenvalue weighted by Crippen LogP contribution is 2.31. The lowest BCUT2D eigenvalue weighted by atomic mass is 9.93. The van der Waals surface area contributed by atoms with Crippen molar-refractivity contribution in [2.75, 3.05) is 0 Å². The monoisotopic (exact) mass is 354 g/mol. The van der Waals surface area contributed by atoms with Gasteiger partial charge >= 0.3 is 5.63 Å². The summed E-state index contributed by atoms with van der Waals surface area (Å²) in [6.07, 6.45) is 5.07. The van der Waals surface area contributed by atoms with E-state index in [0.29, 0.717) is 44.7 Å². The summed E-state index contributed by atoms with van der Waals surface area (Å²) in [7, 11) is 0. The first-order chi connectivity index (χ1) is 13.1. The van der Waals surface area contributed by atoms with Gasteiger partial charge in [0.15, 0.2) is 5.78 Å². The van der Waals surface area contributed by atoms with Crippen LogP contribution in [0.15, 0.2) is 56.8 Å². The minimum Gasteiger partial charge on any atom is -0.430 e. The van der Waals surface area contributed by atoms with Crippen LogP contribution in [-0.2, 0) is 0 Å². The van der Waals surface area contributed by atoms with E-state index in [-0.39, 0.29) is 11.3 Å². The lowest BCUT2D eigenvalue weighted by molar-refractivity contribution is 0.100. The summed E-state index contributed by atoms with van der Waals surface area (Å²) < 4.78 is 6.32. The van der Waals surface area contributed by atoms with Crippen molar-refractivity contribution in [3.8, 4) is 0 Å². The molecule has 128 valence electrons. The Balaban J connectivity index is 1.94. The first-order valence-corrected chi connectivity index (χ1v) is 8.48. The molecule has 0 bridgehead atoms. The van der Waals surface area contributed by atoms with Gasteiger partial charge in [0.05, 0.1) is 21.9 Å². The fourth-order valence-electron chi connectivity index (χ4n) is 4.05. The molecule has 1 aliphatic carbocycles. The summed E-state index contributed by atoms with van der Waals surface area (Å²) in [5.74, 6) is 0.0101. The van der Waals surface area contributed by atoms with Gasteiger partial charge in [-0.1, -0.05) is 18.2 Å². The fraction of sp³-hybridized carbons (Fsp3) is 0.0476. The van der Waals surface area contributed by atoms with Crippen LogP contribution in [0.2, 0.25) is 0 Å². The number of benzene rings is 1. The summed E-state index contributed by atoms with van der Waals surface area (Å²) in [5, 5.41) is 3.26. The molecule has 0 aliphatic heterocycles. The Hall–Kier alpha value is -3.80. The topological polar surface area (TPSA) is 81.7 Å². The summed E-state index contributed by atoms with van der Waals surface area (Å²) in [6.45, 7) is 0. The maximum atomic E-state index is 12.9. The highest BCUT2D eigenvalue weighted by atomic mass is 16.4. The third kappa shape index (κ3) is 1.74. The zero-order valence-corrected chi connectivity index (χ0v) is 13.9. The molecule has 0 fully saturated rings. The van der Waals surface area contributed by atoms with E-state index in [0.717, 1.165) is 10.6 Å². The van der Waals surface area contributed by atoms with Crippen molar-refractivity contribution in [2.24, 2.45) is 0 Å². The number of hydrogen-bond donors (Lipinski definition) is 0. The number of carbonyl (C=O) groups excluding carboxylic acids is 1. The van der Waals surface area contributed by atoms with Gasteiger partial charge in [-0.2, -0.15) is 0 Å². The van der Waals surface area contributed by atoms with Crippen LogP contribution in [0.4, 0.5) is 0 Å². The molecule has 0 amide bonds.